The van der Waals surface area contributed by atoms with Crippen molar-refractivity contribution in [3.63, 3.8) is 0 Å². The Morgan fingerprint density at radius 1 is 1.23 bits per heavy atom. The van der Waals surface area contributed by atoms with Crippen molar-refractivity contribution in [2.75, 3.05) is 20.6 Å². The van der Waals surface area contributed by atoms with Gasteiger partial charge in [0.2, 0.25) is 0 Å². The van der Waals surface area contributed by atoms with Crippen molar-refractivity contribution < 1.29 is 9.18 Å². The summed E-state index contributed by atoms with van der Waals surface area (Å²) in [7, 11) is 3.90. The molecule has 0 spiro atoms. The number of rotatable bonds is 5. The van der Waals surface area contributed by atoms with E-state index in [0.717, 1.165) is 5.56 Å². The van der Waals surface area contributed by atoms with Gasteiger partial charge in [0.1, 0.15) is 5.82 Å². The standard InChI is InChI=1S/C17H18BrFN2O/c1-21(2)16(12-6-4-3-5-7-12)11-20-17(22)14-10-13(18)8-9-15(14)19/h3-10,16H,11H2,1-2H3,(H,20,22). The summed E-state index contributed by atoms with van der Waals surface area (Å²) in [6, 6.07) is 14.2. The number of hydrogen-bond donors (Lipinski definition) is 1. The maximum absolute atomic E-state index is 13.7. The largest absolute Gasteiger partial charge is 0.350 e. The molecule has 0 heterocycles. The highest BCUT2D eigenvalue weighted by molar-refractivity contribution is 9.10. The topological polar surface area (TPSA) is 32.3 Å². The van der Waals surface area contributed by atoms with Gasteiger partial charge in [-0.2, -0.15) is 0 Å². The molecular weight excluding hydrogens is 347 g/mol. The maximum Gasteiger partial charge on any atom is 0.254 e. The molecule has 1 N–H and O–H groups in total. The van der Waals surface area contributed by atoms with E-state index in [2.05, 4.69) is 21.2 Å². The molecule has 3 nitrogen and oxygen atoms in total. The summed E-state index contributed by atoms with van der Waals surface area (Å²) in [5.74, 6) is -0.941. The first-order chi connectivity index (χ1) is 10.5. The quantitative estimate of drug-likeness (QED) is 0.878. The van der Waals surface area contributed by atoms with Crippen LogP contribution in [0.4, 0.5) is 4.39 Å². The van der Waals surface area contributed by atoms with Gasteiger partial charge in [0, 0.05) is 11.0 Å². The zero-order valence-electron chi connectivity index (χ0n) is 12.5. The lowest BCUT2D eigenvalue weighted by Gasteiger charge is -2.25. The molecule has 0 fully saturated rings. The van der Waals surface area contributed by atoms with E-state index in [0.29, 0.717) is 11.0 Å². The van der Waals surface area contributed by atoms with Crippen molar-refractivity contribution in [2.24, 2.45) is 0 Å². The molecule has 2 aromatic rings. The molecule has 116 valence electrons. The molecule has 0 aromatic heterocycles. The van der Waals surface area contributed by atoms with Crippen LogP contribution in [0.1, 0.15) is 22.0 Å². The summed E-state index contributed by atoms with van der Waals surface area (Å²) in [5, 5.41) is 2.81. The molecule has 1 atom stereocenters. The Morgan fingerprint density at radius 2 is 1.91 bits per heavy atom. The number of halogens is 2. The molecule has 0 aliphatic heterocycles. The zero-order chi connectivity index (χ0) is 16.1. The smallest absolute Gasteiger partial charge is 0.254 e. The zero-order valence-corrected chi connectivity index (χ0v) is 14.1. The molecule has 1 unspecified atom stereocenters. The third-order valence-electron chi connectivity index (χ3n) is 3.44. The predicted octanol–water partition coefficient (Wildman–Crippen LogP) is 3.62. The van der Waals surface area contributed by atoms with E-state index in [-0.39, 0.29) is 11.6 Å². The normalized spacial score (nSPS) is 12.2. The Morgan fingerprint density at radius 3 is 2.55 bits per heavy atom. The lowest BCUT2D eigenvalue weighted by Crippen LogP contribution is -2.34. The molecule has 22 heavy (non-hydrogen) atoms. The predicted molar refractivity (Wildman–Crippen MR) is 89.3 cm³/mol. The van der Waals surface area contributed by atoms with Crippen molar-refractivity contribution in [2.45, 2.75) is 6.04 Å². The SMILES string of the molecule is CN(C)C(CNC(=O)c1cc(Br)ccc1F)c1ccccc1. The van der Waals surface area contributed by atoms with E-state index in [1.807, 2.05) is 49.3 Å². The Hall–Kier alpha value is -1.72. The van der Waals surface area contributed by atoms with Crippen molar-refractivity contribution in [1.29, 1.82) is 0 Å². The summed E-state index contributed by atoms with van der Waals surface area (Å²) >= 11 is 3.25. The number of hydrogen-bond acceptors (Lipinski definition) is 2. The molecule has 0 aliphatic rings. The number of likely N-dealkylation sites (N-methyl/N-ethyl adjacent to an activating group) is 1. The van der Waals surface area contributed by atoms with E-state index < -0.39 is 11.7 Å². The number of amides is 1. The summed E-state index contributed by atoms with van der Waals surface area (Å²) in [6.45, 7) is 0.405. The van der Waals surface area contributed by atoms with Gasteiger partial charge < -0.3 is 10.2 Å². The molecular formula is C17H18BrFN2O. The van der Waals surface area contributed by atoms with Crippen LogP contribution in [0.3, 0.4) is 0 Å². The number of carbonyl (C=O) groups is 1. The minimum Gasteiger partial charge on any atom is -0.350 e. The number of nitrogens with zero attached hydrogens (tertiary/aromatic N) is 1. The Kier molecular flexibility index (Phi) is 5.69. The molecule has 2 aromatic carbocycles. The third kappa shape index (κ3) is 4.15. The van der Waals surface area contributed by atoms with E-state index >= 15 is 0 Å². The first-order valence-corrected chi connectivity index (χ1v) is 7.73. The van der Waals surface area contributed by atoms with Gasteiger partial charge in [-0.15, -0.1) is 0 Å². The average Bonchev–Trinajstić information content (AvgIpc) is 2.50. The van der Waals surface area contributed by atoms with Gasteiger partial charge >= 0.3 is 0 Å². The van der Waals surface area contributed by atoms with Crippen LogP contribution in [0, 0.1) is 5.82 Å². The molecule has 0 saturated carbocycles. The van der Waals surface area contributed by atoms with Crippen LogP contribution < -0.4 is 5.32 Å². The third-order valence-corrected chi connectivity index (χ3v) is 3.93. The monoisotopic (exact) mass is 364 g/mol. The second kappa shape index (κ2) is 7.51. The Balaban J connectivity index is 2.10. The Bertz CT molecular complexity index is 646. The second-order valence-corrected chi connectivity index (χ2v) is 6.14. The van der Waals surface area contributed by atoms with Crippen LogP contribution in [-0.2, 0) is 0 Å². The molecule has 1 amide bonds. The van der Waals surface area contributed by atoms with E-state index in [1.54, 1.807) is 6.07 Å². The first kappa shape index (κ1) is 16.6. The molecule has 0 radical (unpaired) electrons. The van der Waals surface area contributed by atoms with E-state index in [9.17, 15) is 9.18 Å². The van der Waals surface area contributed by atoms with Crippen molar-refractivity contribution in [3.05, 3.63) is 69.9 Å². The van der Waals surface area contributed by atoms with Crippen LogP contribution in [0.5, 0.6) is 0 Å². The lowest BCUT2D eigenvalue weighted by atomic mass is 10.1. The highest BCUT2D eigenvalue weighted by Crippen LogP contribution is 2.18. The highest BCUT2D eigenvalue weighted by atomic mass is 79.9. The van der Waals surface area contributed by atoms with Crippen LogP contribution >= 0.6 is 15.9 Å². The Labute approximate surface area is 138 Å². The van der Waals surface area contributed by atoms with E-state index in [1.165, 1.54) is 12.1 Å². The van der Waals surface area contributed by atoms with Gasteiger partial charge in [-0.3, -0.25) is 4.79 Å². The van der Waals surface area contributed by atoms with Gasteiger partial charge in [-0.05, 0) is 37.9 Å². The summed E-state index contributed by atoms with van der Waals surface area (Å²) < 4.78 is 14.4. The summed E-state index contributed by atoms with van der Waals surface area (Å²) in [4.78, 5) is 14.2. The van der Waals surface area contributed by atoms with E-state index in [4.69, 9.17) is 0 Å². The molecule has 5 heteroatoms. The van der Waals surface area contributed by atoms with Crippen LogP contribution in [-0.4, -0.2) is 31.4 Å². The van der Waals surface area contributed by atoms with Gasteiger partial charge in [-0.25, -0.2) is 4.39 Å². The molecule has 0 saturated heterocycles. The van der Waals surface area contributed by atoms with Crippen molar-refractivity contribution >= 4 is 21.8 Å². The minimum absolute atomic E-state index is 0.0281. The average molecular weight is 365 g/mol. The van der Waals surface area contributed by atoms with Gasteiger partial charge in [0.05, 0.1) is 11.6 Å². The molecule has 0 bridgehead atoms. The minimum atomic E-state index is -0.526. The highest BCUT2D eigenvalue weighted by Gasteiger charge is 2.17. The fourth-order valence-electron chi connectivity index (χ4n) is 2.23. The van der Waals surface area contributed by atoms with Gasteiger partial charge in [0.25, 0.3) is 5.91 Å². The second-order valence-electron chi connectivity index (χ2n) is 5.22. The fraction of sp³-hybridized carbons (Fsp3) is 0.235. The van der Waals surface area contributed by atoms with Crippen molar-refractivity contribution in [1.82, 2.24) is 10.2 Å². The maximum atomic E-state index is 13.7. The van der Waals surface area contributed by atoms with Gasteiger partial charge in [-0.1, -0.05) is 46.3 Å². The fourth-order valence-corrected chi connectivity index (χ4v) is 2.59. The first-order valence-electron chi connectivity index (χ1n) is 6.93. The van der Waals surface area contributed by atoms with Crippen molar-refractivity contribution in [3.8, 4) is 0 Å². The van der Waals surface area contributed by atoms with Crippen LogP contribution in [0.15, 0.2) is 53.0 Å². The summed E-state index contributed by atoms with van der Waals surface area (Å²) in [5.41, 5.74) is 1.14. The lowest BCUT2D eigenvalue weighted by molar-refractivity contribution is 0.0938. The van der Waals surface area contributed by atoms with Gasteiger partial charge in [0.15, 0.2) is 0 Å². The van der Waals surface area contributed by atoms with Crippen LogP contribution in [0.2, 0.25) is 0 Å². The number of benzene rings is 2. The summed E-state index contributed by atoms with van der Waals surface area (Å²) in [6.07, 6.45) is 0. The van der Waals surface area contributed by atoms with Crippen LogP contribution in [0.25, 0.3) is 0 Å². The number of carbonyl (C=O) groups excluding carboxylic acids is 1. The molecule has 0 aliphatic carbocycles. The molecule has 2 rings (SSSR count). The number of nitrogens with one attached hydrogen (secondary N) is 1.